The summed E-state index contributed by atoms with van der Waals surface area (Å²) in [6, 6.07) is 0. The number of likely N-dealkylation sites (tertiary alicyclic amines) is 6. The normalized spacial score (nSPS) is 19.4. The summed E-state index contributed by atoms with van der Waals surface area (Å²) in [5.74, 6) is -2.22. The maximum Gasteiger partial charge on any atom is 0.311 e. The summed E-state index contributed by atoms with van der Waals surface area (Å²) in [5.41, 5.74) is 0. The van der Waals surface area contributed by atoms with Crippen LogP contribution in [0.25, 0.3) is 0 Å². The second-order valence-corrected chi connectivity index (χ2v) is 30.1. The van der Waals surface area contributed by atoms with E-state index in [0.29, 0.717) is 117 Å². The van der Waals surface area contributed by atoms with Gasteiger partial charge in [0.25, 0.3) is 0 Å². The van der Waals surface area contributed by atoms with Gasteiger partial charge in [-0.15, -0.1) is 0 Å². The summed E-state index contributed by atoms with van der Waals surface area (Å²) >= 11 is 0. The van der Waals surface area contributed by atoms with Crippen LogP contribution in [0.5, 0.6) is 0 Å². The smallest absolute Gasteiger partial charge is 0.311 e. The molecule has 0 saturated carbocycles. The van der Waals surface area contributed by atoms with E-state index in [1.54, 1.807) is 19.6 Å². The predicted molar refractivity (Wildman–Crippen MR) is 420 cm³/mol. The summed E-state index contributed by atoms with van der Waals surface area (Å²) in [5, 5.41) is 0. The molecule has 0 aromatic heterocycles. The molecule has 6 unspecified atom stereocenters. The van der Waals surface area contributed by atoms with Crippen molar-refractivity contribution in [2.45, 2.75) is 321 Å². The van der Waals surface area contributed by atoms with Gasteiger partial charge in [0.2, 0.25) is 35.4 Å². The zero-order valence-electron chi connectivity index (χ0n) is 69.8. The topological polar surface area (TPSA) is 280 Å². The average molecular weight is 1530 g/mol. The Morgan fingerprint density at radius 2 is 0.463 bits per heavy atom. The largest absolute Gasteiger partial charge is 0.465 e. The Hall–Kier alpha value is -6.36. The van der Waals surface area contributed by atoms with E-state index in [2.05, 4.69) is 27.7 Å². The van der Waals surface area contributed by atoms with Crippen LogP contribution in [0.2, 0.25) is 0 Å². The zero-order chi connectivity index (χ0) is 80.4. The molecule has 6 aliphatic rings. The monoisotopic (exact) mass is 1530 g/mol. The highest BCUT2D eigenvalue weighted by molar-refractivity contribution is 5.90. The van der Waals surface area contributed by atoms with Crippen LogP contribution in [0, 0.1) is 35.5 Å². The molecule has 108 heavy (non-hydrogen) atoms. The Labute approximate surface area is 651 Å². The third kappa shape index (κ3) is 43.3. The SMILES string of the molecule is CCCCCCCCCCCCCCCCN1CC(C(=O)OC(C)C)CC1=O.CCCCCCN1CC(C(=O)OCCC)CC1=O.CCCCCN1CC(C(=O)OCCC)CC1=O.CCCCN1CC(C(=O)OCCC)CC1=O.CCCOC(=O)C1CC(=O)N(CC)C1.CCCOC(=O)C1CC(=O)N(CCC)C1. The first-order valence-corrected chi connectivity index (χ1v) is 42.7. The van der Waals surface area contributed by atoms with Crippen LogP contribution in [0.15, 0.2) is 0 Å². The number of unbranched alkanes of at least 4 members (excludes halogenated alkanes) is 19. The summed E-state index contributed by atoms with van der Waals surface area (Å²) < 4.78 is 30.5. The van der Waals surface area contributed by atoms with E-state index in [9.17, 15) is 57.5 Å². The maximum atomic E-state index is 12.1. The van der Waals surface area contributed by atoms with E-state index in [-0.39, 0.29) is 113 Å². The molecular weight excluding hydrogens is 1380 g/mol. The van der Waals surface area contributed by atoms with Crippen LogP contribution in [-0.2, 0) is 86.0 Å². The molecule has 6 fully saturated rings. The van der Waals surface area contributed by atoms with Crippen LogP contribution in [0.4, 0.5) is 0 Å². The maximum absolute atomic E-state index is 12.1. The minimum absolute atomic E-state index is 0.0611. The molecule has 0 aromatic carbocycles. The van der Waals surface area contributed by atoms with E-state index in [1.807, 2.05) is 72.1 Å². The van der Waals surface area contributed by atoms with Gasteiger partial charge >= 0.3 is 35.8 Å². The third-order valence-electron chi connectivity index (χ3n) is 19.6. The standard InChI is InChI=1S/C24H45NO3.C14H25NO3.C13H23NO3.C12H21NO3.C11H19NO3.C10H17NO3/c1-4-5-6-7-8-9-10-11-12-13-14-15-16-17-18-25-20-22(19-23(25)26)24(27)28-21(2)3;1-3-5-6-7-8-15-11-12(10-13(15)16)14(17)18-9-4-2;1-3-5-6-7-14-10-11(9-12(14)15)13(16)17-8-4-2;1-3-5-6-13-9-10(8-11(13)14)12(15)16-7-4-2;1-3-5-12-8-9(7-10(12)13)11(14)15-6-4-2;1-3-5-14-10(13)8-6-9(12)11(4-2)7-8/h21-22H,4-20H2,1-3H3;12H,3-11H2,1-2H3;11H,3-10H2,1-2H3;10H,3-9H2,1-2H3;9H,3-8H2,1-2H3;8H,3-7H2,1-2H3. The number of ether oxygens (including phenoxy) is 6. The summed E-state index contributed by atoms with van der Waals surface area (Å²) in [6.45, 7) is 36.2. The van der Waals surface area contributed by atoms with Gasteiger partial charge in [-0.1, -0.05) is 191 Å². The molecule has 6 aliphatic heterocycles. The van der Waals surface area contributed by atoms with Crippen molar-refractivity contribution < 1.29 is 86.0 Å². The first-order chi connectivity index (χ1) is 52.0. The number of rotatable bonds is 47. The number of esters is 6. The molecule has 0 N–H and O–H groups in total. The number of hydrogen-bond acceptors (Lipinski definition) is 18. The molecule has 0 spiro atoms. The minimum atomic E-state index is -0.262. The second kappa shape index (κ2) is 62.3. The van der Waals surface area contributed by atoms with E-state index >= 15 is 0 Å². The molecule has 624 valence electrons. The van der Waals surface area contributed by atoms with Gasteiger partial charge in [-0.3, -0.25) is 57.5 Å². The Bertz CT molecular complexity index is 2550. The van der Waals surface area contributed by atoms with Gasteiger partial charge in [0, 0.05) is 117 Å². The van der Waals surface area contributed by atoms with Crippen molar-refractivity contribution in [2.24, 2.45) is 35.5 Å². The molecule has 6 heterocycles. The highest BCUT2D eigenvalue weighted by Crippen LogP contribution is 2.26. The summed E-state index contributed by atoms with van der Waals surface area (Å²) in [7, 11) is 0. The van der Waals surface area contributed by atoms with Crippen molar-refractivity contribution in [3.05, 3.63) is 0 Å². The Balaban J connectivity index is 0.000000659. The molecule has 6 saturated heterocycles. The fourth-order valence-corrected chi connectivity index (χ4v) is 13.3. The van der Waals surface area contributed by atoms with Crippen LogP contribution in [0.3, 0.4) is 0 Å². The van der Waals surface area contributed by atoms with Crippen molar-refractivity contribution in [3.63, 3.8) is 0 Å². The third-order valence-corrected chi connectivity index (χ3v) is 19.6. The first-order valence-electron chi connectivity index (χ1n) is 42.7. The van der Waals surface area contributed by atoms with Gasteiger partial charge in [-0.2, -0.15) is 0 Å². The average Bonchev–Trinajstić information content (AvgIpc) is 1.80. The molecule has 0 bridgehead atoms. The van der Waals surface area contributed by atoms with Gasteiger partial charge in [-0.25, -0.2) is 0 Å². The molecule has 24 heteroatoms. The molecular formula is C84H150N6O18. The number of hydrogen-bond donors (Lipinski definition) is 0. The number of carbonyl (C=O) groups excluding carboxylic acids is 12. The second-order valence-electron chi connectivity index (χ2n) is 30.1. The molecule has 6 amide bonds. The van der Waals surface area contributed by atoms with Crippen molar-refractivity contribution in [1.29, 1.82) is 0 Å². The van der Waals surface area contributed by atoms with Crippen molar-refractivity contribution >= 4 is 71.3 Å². The van der Waals surface area contributed by atoms with Crippen molar-refractivity contribution in [1.82, 2.24) is 29.4 Å². The van der Waals surface area contributed by atoms with Crippen LogP contribution in [-0.4, -0.2) is 218 Å². The Morgan fingerprint density at radius 1 is 0.259 bits per heavy atom. The first kappa shape index (κ1) is 99.6. The molecule has 0 radical (unpaired) electrons. The lowest BCUT2D eigenvalue weighted by Gasteiger charge is -2.16. The quantitative estimate of drug-likeness (QED) is 0.0311. The highest BCUT2D eigenvalue weighted by Gasteiger charge is 2.40. The van der Waals surface area contributed by atoms with Crippen molar-refractivity contribution in [2.75, 3.05) is 112 Å². The fraction of sp³-hybridized carbons (Fsp3) is 0.857. The molecule has 0 aromatic rings. The highest BCUT2D eigenvalue weighted by atomic mass is 16.6. The van der Waals surface area contributed by atoms with E-state index in [1.165, 1.54) is 96.3 Å². The summed E-state index contributed by atoms with van der Waals surface area (Å²) in [4.78, 5) is 150. The Kier molecular flexibility index (Phi) is 57.5. The van der Waals surface area contributed by atoms with Gasteiger partial charge in [0.1, 0.15) is 0 Å². The van der Waals surface area contributed by atoms with Gasteiger partial charge in [-0.05, 0) is 85.0 Å². The van der Waals surface area contributed by atoms with Crippen LogP contribution >= 0.6 is 0 Å². The Morgan fingerprint density at radius 3 is 0.704 bits per heavy atom. The fourth-order valence-electron chi connectivity index (χ4n) is 13.3. The minimum Gasteiger partial charge on any atom is -0.465 e. The predicted octanol–water partition coefficient (Wildman–Crippen LogP) is 14.2. The van der Waals surface area contributed by atoms with Crippen molar-refractivity contribution in [3.8, 4) is 0 Å². The van der Waals surface area contributed by atoms with Gasteiger partial charge in [0.05, 0.1) is 74.6 Å². The lowest BCUT2D eigenvalue weighted by atomic mass is 10.0. The number of amides is 6. The lowest BCUT2D eigenvalue weighted by Crippen LogP contribution is -2.28. The molecule has 6 atom stereocenters. The number of carbonyl (C=O) groups is 12. The van der Waals surface area contributed by atoms with E-state index < -0.39 is 0 Å². The zero-order valence-corrected chi connectivity index (χ0v) is 69.8. The number of nitrogens with zero attached hydrogens (tertiary/aromatic N) is 6. The van der Waals surface area contributed by atoms with Gasteiger partial charge < -0.3 is 57.8 Å². The lowest BCUT2D eigenvalue weighted by molar-refractivity contribution is -0.152. The molecule has 0 aliphatic carbocycles. The molecule has 24 nitrogen and oxygen atoms in total. The molecule has 6 rings (SSSR count). The van der Waals surface area contributed by atoms with E-state index in [4.69, 9.17) is 28.4 Å². The van der Waals surface area contributed by atoms with Gasteiger partial charge in [0.15, 0.2) is 0 Å². The van der Waals surface area contributed by atoms with Crippen LogP contribution in [0.1, 0.15) is 315 Å². The van der Waals surface area contributed by atoms with Crippen LogP contribution < -0.4 is 0 Å². The summed E-state index contributed by atoms with van der Waals surface area (Å²) in [6.07, 6.45) is 35.6. The van der Waals surface area contributed by atoms with E-state index in [0.717, 1.165) is 123 Å².